The van der Waals surface area contributed by atoms with Crippen LogP contribution < -0.4 is 19.8 Å². The molecule has 0 aliphatic carbocycles. The summed E-state index contributed by atoms with van der Waals surface area (Å²) >= 11 is 3.53. The molecule has 4 aromatic rings. The lowest BCUT2D eigenvalue weighted by molar-refractivity contribution is -0.142. The standard InChI is InChI=1S/C31H32BrN3O6/c1-7-40-26-12-19(4)23(14-22(26)18(2)3)30-34-25-11-9-8-10-21(25)31(37)35(30)33-16-20-13-27(38-5)28(15-24(20)32)41-17-29(36)39-6/h8-16,18H,7,17H2,1-6H3. The Kier molecular flexibility index (Phi) is 9.44. The molecule has 4 rings (SSSR count). The van der Waals surface area contributed by atoms with Crippen molar-refractivity contribution in [3.8, 4) is 28.6 Å². The number of carbonyl (C=O) groups is 1. The Hall–Kier alpha value is -4.18. The van der Waals surface area contributed by atoms with Gasteiger partial charge in [-0.1, -0.05) is 26.0 Å². The summed E-state index contributed by atoms with van der Waals surface area (Å²) in [5.41, 5.74) is 3.58. The molecule has 0 amide bonds. The molecule has 214 valence electrons. The number of para-hydroxylation sites is 1. The van der Waals surface area contributed by atoms with Gasteiger partial charge in [-0.2, -0.15) is 9.78 Å². The topological polar surface area (TPSA) is 101 Å². The molecule has 0 saturated heterocycles. The van der Waals surface area contributed by atoms with Crippen molar-refractivity contribution in [2.24, 2.45) is 5.10 Å². The molecule has 0 fully saturated rings. The first-order valence-corrected chi connectivity index (χ1v) is 13.9. The Labute approximate surface area is 246 Å². The first-order valence-electron chi connectivity index (χ1n) is 13.1. The van der Waals surface area contributed by atoms with E-state index in [0.717, 1.165) is 22.4 Å². The van der Waals surface area contributed by atoms with Crippen LogP contribution in [0.25, 0.3) is 22.3 Å². The number of aromatic nitrogens is 2. The number of halogens is 1. The summed E-state index contributed by atoms with van der Waals surface area (Å²) in [6, 6.07) is 14.6. The zero-order valence-electron chi connectivity index (χ0n) is 23.9. The van der Waals surface area contributed by atoms with Crippen molar-refractivity contribution in [2.75, 3.05) is 27.4 Å². The number of hydrogen-bond donors (Lipinski definition) is 0. The number of rotatable bonds is 10. The molecule has 0 spiro atoms. The van der Waals surface area contributed by atoms with Crippen LogP contribution in [0.1, 0.15) is 43.4 Å². The fourth-order valence-corrected chi connectivity index (χ4v) is 4.74. The van der Waals surface area contributed by atoms with E-state index in [1.165, 1.54) is 18.9 Å². The lowest BCUT2D eigenvalue weighted by Crippen LogP contribution is -2.21. The van der Waals surface area contributed by atoms with Gasteiger partial charge in [-0.05, 0) is 83.2 Å². The minimum Gasteiger partial charge on any atom is -0.494 e. The highest BCUT2D eigenvalue weighted by atomic mass is 79.9. The van der Waals surface area contributed by atoms with E-state index in [2.05, 4.69) is 39.6 Å². The van der Waals surface area contributed by atoms with Gasteiger partial charge in [0.1, 0.15) is 5.75 Å². The molecular formula is C31H32BrN3O6. The Morgan fingerprint density at radius 1 is 1.07 bits per heavy atom. The minimum absolute atomic E-state index is 0.184. The summed E-state index contributed by atoms with van der Waals surface area (Å²) in [5.74, 6) is 1.61. The average molecular weight is 623 g/mol. The van der Waals surface area contributed by atoms with Crippen LogP contribution in [0.5, 0.6) is 17.2 Å². The van der Waals surface area contributed by atoms with Crippen molar-refractivity contribution in [2.45, 2.75) is 33.6 Å². The van der Waals surface area contributed by atoms with Crippen molar-refractivity contribution in [1.29, 1.82) is 0 Å². The Balaban J connectivity index is 1.88. The molecule has 0 radical (unpaired) electrons. The van der Waals surface area contributed by atoms with Gasteiger partial charge in [0.15, 0.2) is 23.9 Å². The maximum atomic E-state index is 13.8. The van der Waals surface area contributed by atoms with E-state index in [1.807, 2.05) is 38.1 Å². The highest BCUT2D eigenvalue weighted by Gasteiger charge is 2.19. The zero-order chi connectivity index (χ0) is 29.7. The molecule has 10 heteroatoms. The molecule has 0 aliphatic rings. The summed E-state index contributed by atoms with van der Waals surface area (Å²) in [5, 5.41) is 5.06. The van der Waals surface area contributed by atoms with Crippen molar-refractivity contribution < 1.29 is 23.7 Å². The van der Waals surface area contributed by atoms with E-state index < -0.39 is 5.97 Å². The number of hydrogen-bond acceptors (Lipinski definition) is 8. The second kappa shape index (κ2) is 13.0. The van der Waals surface area contributed by atoms with Gasteiger partial charge in [-0.25, -0.2) is 9.78 Å². The van der Waals surface area contributed by atoms with E-state index in [1.54, 1.807) is 30.5 Å². The molecule has 0 saturated carbocycles. The van der Waals surface area contributed by atoms with Gasteiger partial charge in [-0.15, -0.1) is 0 Å². The molecule has 1 heterocycles. The minimum atomic E-state index is -0.519. The molecule has 0 unspecified atom stereocenters. The first-order chi connectivity index (χ1) is 19.7. The summed E-state index contributed by atoms with van der Waals surface area (Å²) < 4.78 is 23.5. The number of ether oxygens (including phenoxy) is 4. The largest absolute Gasteiger partial charge is 0.494 e. The number of methoxy groups -OCH3 is 2. The molecule has 0 atom stereocenters. The highest BCUT2D eigenvalue weighted by molar-refractivity contribution is 9.10. The maximum Gasteiger partial charge on any atom is 0.343 e. The van der Waals surface area contributed by atoms with Crippen molar-refractivity contribution in [3.05, 3.63) is 80.0 Å². The Morgan fingerprint density at radius 2 is 1.83 bits per heavy atom. The quantitative estimate of drug-likeness (QED) is 0.156. The molecule has 0 aliphatic heterocycles. The van der Waals surface area contributed by atoms with Crippen LogP contribution in [0.15, 0.2) is 62.9 Å². The second-order valence-electron chi connectivity index (χ2n) is 9.50. The fourth-order valence-electron chi connectivity index (χ4n) is 4.31. The number of nitrogens with zero attached hydrogens (tertiary/aromatic N) is 3. The van der Waals surface area contributed by atoms with Gasteiger partial charge in [0.2, 0.25) is 0 Å². The Morgan fingerprint density at radius 3 is 2.51 bits per heavy atom. The van der Waals surface area contributed by atoms with Crippen LogP contribution >= 0.6 is 15.9 Å². The highest BCUT2D eigenvalue weighted by Crippen LogP contribution is 2.35. The third-order valence-corrected chi connectivity index (χ3v) is 7.13. The van der Waals surface area contributed by atoms with Crippen LogP contribution in [0.3, 0.4) is 0 Å². The van der Waals surface area contributed by atoms with E-state index in [0.29, 0.717) is 44.9 Å². The SMILES string of the molecule is CCOc1cc(C)c(-c2nc3ccccc3c(=O)n2N=Cc2cc(OC)c(OCC(=O)OC)cc2Br)cc1C(C)C. The van der Waals surface area contributed by atoms with Gasteiger partial charge in [0.05, 0.1) is 37.9 Å². The predicted molar refractivity (Wildman–Crippen MR) is 163 cm³/mol. The molecule has 0 bridgehead atoms. The monoisotopic (exact) mass is 621 g/mol. The fraction of sp³-hybridized carbons (Fsp3) is 0.290. The van der Waals surface area contributed by atoms with E-state index in [9.17, 15) is 9.59 Å². The predicted octanol–water partition coefficient (Wildman–Crippen LogP) is 6.10. The van der Waals surface area contributed by atoms with Crippen LogP contribution in [-0.2, 0) is 9.53 Å². The number of fused-ring (bicyclic) bond motifs is 1. The second-order valence-corrected chi connectivity index (χ2v) is 10.4. The van der Waals surface area contributed by atoms with Gasteiger partial charge in [-0.3, -0.25) is 4.79 Å². The van der Waals surface area contributed by atoms with E-state index in [-0.39, 0.29) is 18.1 Å². The summed E-state index contributed by atoms with van der Waals surface area (Å²) in [6.07, 6.45) is 1.55. The van der Waals surface area contributed by atoms with Crippen LogP contribution in [0, 0.1) is 6.92 Å². The lowest BCUT2D eigenvalue weighted by Gasteiger charge is -2.18. The number of esters is 1. The lowest BCUT2D eigenvalue weighted by atomic mass is 9.96. The normalized spacial score (nSPS) is 11.3. The summed E-state index contributed by atoms with van der Waals surface area (Å²) in [7, 11) is 2.78. The average Bonchev–Trinajstić information content (AvgIpc) is 2.96. The van der Waals surface area contributed by atoms with Gasteiger partial charge in [0, 0.05) is 15.6 Å². The molecule has 1 aromatic heterocycles. The summed E-state index contributed by atoms with van der Waals surface area (Å²) in [6.45, 7) is 8.39. The third kappa shape index (κ3) is 6.43. The molecule has 41 heavy (non-hydrogen) atoms. The van der Waals surface area contributed by atoms with Crippen LogP contribution in [0.2, 0.25) is 0 Å². The smallest absolute Gasteiger partial charge is 0.343 e. The number of benzene rings is 3. The van der Waals surface area contributed by atoms with Gasteiger partial charge in [0.25, 0.3) is 5.56 Å². The Bertz CT molecular complexity index is 1680. The van der Waals surface area contributed by atoms with Crippen LogP contribution in [-0.4, -0.2) is 49.3 Å². The molecule has 3 aromatic carbocycles. The van der Waals surface area contributed by atoms with E-state index in [4.69, 9.17) is 19.2 Å². The molecule has 0 N–H and O–H groups in total. The maximum absolute atomic E-state index is 13.8. The first kappa shape index (κ1) is 29.8. The third-order valence-electron chi connectivity index (χ3n) is 6.44. The summed E-state index contributed by atoms with van der Waals surface area (Å²) in [4.78, 5) is 30.2. The van der Waals surface area contributed by atoms with Crippen LogP contribution in [0.4, 0.5) is 0 Å². The van der Waals surface area contributed by atoms with E-state index >= 15 is 0 Å². The number of carbonyl (C=O) groups excluding carboxylic acids is 1. The van der Waals surface area contributed by atoms with Crippen molar-refractivity contribution in [1.82, 2.24) is 9.66 Å². The zero-order valence-corrected chi connectivity index (χ0v) is 25.4. The molecular weight excluding hydrogens is 590 g/mol. The van der Waals surface area contributed by atoms with Gasteiger partial charge >= 0.3 is 5.97 Å². The van der Waals surface area contributed by atoms with Crippen molar-refractivity contribution >= 4 is 39.0 Å². The van der Waals surface area contributed by atoms with Gasteiger partial charge < -0.3 is 18.9 Å². The molecule has 9 nitrogen and oxygen atoms in total. The van der Waals surface area contributed by atoms with Crippen molar-refractivity contribution in [3.63, 3.8) is 0 Å². The number of aryl methyl sites for hydroxylation is 1.